The highest BCUT2D eigenvalue weighted by Crippen LogP contribution is 2.27. The topological polar surface area (TPSA) is 21.6 Å². The maximum absolute atomic E-state index is 5.81. The van der Waals surface area contributed by atoms with E-state index >= 15 is 0 Å². The van der Waals surface area contributed by atoms with Crippen molar-refractivity contribution < 1.29 is 4.43 Å². The summed E-state index contributed by atoms with van der Waals surface area (Å²) < 4.78 is 5.81. The third kappa shape index (κ3) is 3.54. The van der Waals surface area contributed by atoms with Crippen molar-refractivity contribution in [3.63, 3.8) is 0 Å². The molecular weight excluding hydrogens is 246 g/mol. The standard InChI is InChI=1S/C13H14NOSSi/c1-17(2)15-13-8-4-3-7-12(13)14-10-11-6-5-9-16-11/h3-10H,1-2H3. The molecule has 1 aromatic heterocycles. The second kappa shape index (κ2) is 5.79. The van der Waals surface area contributed by atoms with E-state index in [1.165, 1.54) is 0 Å². The second-order valence-electron chi connectivity index (χ2n) is 3.75. The molecule has 0 unspecified atom stereocenters. The van der Waals surface area contributed by atoms with Crippen LogP contribution in [0.4, 0.5) is 5.69 Å². The summed E-state index contributed by atoms with van der Waals surface area (Å²) in [5, 5.41) is 2.04. The van der Waals surface area contributed by atoms with Gasteiger partial charge in [-0.05, 0) is 36.7 Å². The predicted octanol–water partition coefficient (Wildman–Crippen LogP) is 4.13. The summed E-state index contributed by atoms with van der Waals surface area (Å²) >= 11 is 1.68. The lowest BCUT2D eigenvalue weighted by atomic mass is 10.3. The average Bonchev–Trinajstić information content (AvgIpc) is 2.80. The molecule has 17 heavy (non-hydrogen) atoms. The van der Waals surface area contributed by atoms with Crippen molar-refractivity contribution in [2.45, 2.75) is 13.1 Å². The molecule has 0 aliphatic heterocycles. The molecular formula is C13H14NOSSi. The zero-order valence-corrected chi connectivity index (χ0v) is 11.7. The Morgan fingerprint density at radius 2 is 2.00 bits per heavy atom. The van der Waals surface area contributed by atoms with Crippen LogP contribution in [-0.4, -0.2) is 15.3 Å². The van der Waals surface area contributed by atoms with Crippen LogP contribution in [0.15, 0.2) is 46.8 Å². The Kier molecular flexibility index (Phi) is 4.11. The van der Waals surface area contributed by atoms with Gasteiger partial charge in [0.2, 0.25) is 0 Å². The molecule has 1 radical (unpaired) electrons. The smallest absolute Gasteiger partial charge is 0.274 e. The average molecular weight is 260 g/mol. The Bertz CT molecular complexity index is 494. The van der Waals surface area contributed by atoms with E-state index in [2.05, 4.69) is 18.1 Å². The molecule has 2 nitrogen and oxygen atoms in total. The molecule has 4 heteroatoms. The molecule has 0 saturated carbocycles. The molecule has 0 aliphatic rings. The van der Waals surface area contributed by atoms with Gasteiger partial charge in [-0.3, -0.25) is 4.99 Å². The first kappa shape index (κ1) is 12.1. The van der Waals surface area contributed by atoms with E-state index in [0.717, 1.165) is 16.3 Å². The molecule has 0 saturated heterocycles. The number of aliphatic imine (C=N–C) groups is 1. The van der Waals surface area contributed by atoms with Gasteiger partial charge in [0, 0.05) is 11.1 Å². The second-order valence-corrected chi connectivity index (χ2v) is 6.75. The molecule has 0 aliphatic carbocycles. The first-order chi connectivity index (χ1) is 8.25. The number of nitrogens with zero attached hydrogens (tertiary/aromatic N) is 1. The molecule has 2 rings (SSSR count). The molecule has 0 amide bonds. The Morgan fingerprint density at radius 1 is 1.18 bits per heavy atom. The lowest BCUT2D eigenvalue weighted by Crippen LogP contribution is -2.11. The van der Waals surface area contributed by atoms with Crippen LogP contribution < -0.4 is 4.43 Å². The first-order valence-corrected chi connectivity index (χ1v) is 8.69. The summed E-state index contributed by atoms with van der Waals surface area (Å²) in [6.07, 6.45) is 1.88. The van der Waals surface area contributed by atoms with Gasteiger partial charge >= 0.3 is 0 Å². The number of benzene rings is 1. The predicted molar refractivity (Wildman–Crippen MR) is 76.1 cm³/mol. The maximum atomic E-state index is 5.81. The lowest BCUT2D eigenvalue weighted by molar-refractivity contribution is 0.582. The monoisotopic (exact) mass is 260 g/mol. The van der Waals surface area contributed by atoms with Crippen LogP contribution >= 0.6 is 11.3 Å². The van der Waals surface area contributed by atoms with E-state index < -0.39 is 9.04 Å². The van der Waals surface area contributed by atoms with E-state index in [1.54, 1.807) is 11.3 Å². The zero-order valence-electron chi connectivity index (χ0n) is 9.88. The van der Waals surface area contributed by atoms with Crippen LogP contribution in [0.3, 0.4) is 0 Å². The minimum absolute atomic E-state index is 0.752. The van der Waals surface area contributed by atoms with Crippen molar-refractivity contribution in [3.8, 4) is 5.75 Å². The first-order valence-electron chi connectivity index (χ1n) is 5.40. The van der Waals surface area contributed by atoms with Gasteiger partial charge in [-0.15, -0.1) is 11.3 Å². The Balaban J connectivity index is 2.20. The van der Waals surface area contributed by atoms with E-state index in [9.17, 15) is 0 Å². The van der Waals surface area contributed by atoms with Crippen molar-refractivity contribution in [3.05, 3.63) is 46.7 Å². The van der Waals surface area contributed by atoms with Gasteiger partial charge in [0.1, 0.15) is 11.4 Å². The van der Waals surface area contributed by atoms with Gasteiger partial charge in [0.25, 0.3) is 9.04 Å². The summed E-state index contributed by atoms with van der Waals surface area (Å²) in [5.41, 5.74) is 0.895. The lowest BCUT2D eigenvalue weighted by Gasteiger charge is -2.10. The maximum Gasteiger partial charge on any atom is 0.274 e. The quantitative estimate of drug-likeness (QED) is 0.598. The van der Waals surface area contributed by atoms with Crippen molar-refractivity contribution >= 4 is 32.3 Å². The van der Waals surface area contributed by atoms with Crippen molar-refractivity contribution in [1.29, 1.82) is 0 Å². The van der Waals surface area contributed by atoms with Gasteiger partial charge in [-0.25, -0.2) is 0 Å². The number of thiophene rings is 1. The summed E-state index contributed by atoms with van der Waals surface area (Å²) in [6, 6.07) is 12.0. The summed E-state index contributed by atoms with van der Waals surface area (Å²) in [5.74, 6) is 0.874. The third-order valence-electron chi connectivity index (χ3n) is 2.05. The van der Waals surface area contributed by atoms with Crippen molar-refractivity contribution in [1.82, 2.24) is 0 Å². The number of hydrogen-bond acceptors (Lipinski definition) is 3. The van der Waals surface area contributed by atoms with Gasteiger partial charge in [0.05, 0.1) is 0 Å². The minimum atomic E-state index is -0.752. The van der Waals surface area contributed by atoms with Gasteiger partial charge in [-0.1, -0.05) is 18.2 Å². The van der Waals surface area contributed by atoms with Crippen LogP contribution in [0.5, 0.6) is 5.75 Å². The highest BCUT2D eigenvalue weighted by atomic mass is 32.1. The van der Waals surface area contributed by atoms with Crippen molar-refractivity contribution in [2.24, 2.45) is 4.99 Å². The Labute approximate surface area is 107 Å². The van der Waals surface area contributed by atoms with Crippen LogP contribution in [0.1, 0.15) is 4.88 Å². The van der Waals surface area contributed by atoms with Gasteiger partial charge in [0.15, 0.2) is 0 Å². The highest BCUT2D eigenvalue weighted by Gasteiger charge is 2.04. The number of rotatable bonds is 4. The van der Waals surface area contributed by atoms with Crippen LogP contribution in [0.2, 0.25) is 13.1 Å². The van der Waals surface area contributed by atoms with Crippen LogP contribution in [0.25, 0.3) is 0 Å². The summed E-state index contributed by atoms with van der Waals surface area (Å²) in [7, 11) is -0.752. The molecule has 2 aromatic rings. The van der Waals surface area contributed by atoms with Crippen molar-refractivity contribution in [2.75, 3.05) is 0 Å². The summed E-state index contributed by atoms with van der Waals surface area (Å²) in [4.78, 5) is 5.63. The van der Waals surface area contributed by atoms with E-state index in [1.807, 2.05) is 48.0 Å². The molecule has 0 bridgehead atoms. The number of para-hydroxylation sites is 2. The Morgan fingerprint density at radius 3 is 2.71 bits per heavy atom. The fourth-order valence-corrected chi connectivity index (χ4v) is 2.57. The summed E-state index contributed by atoms with van der Waals surface area (Å²) in [6.45, 7) is 4.23. The van der Waals surface area contributed by atoms with Gasteiger partial charge in [-0.2, -0.15) is 0 Å². The fourth-order valence-electron chi connectivity index (χ4n) is 1.37. The molecule has 0 atom stereocenters. The molecule has 0 N–H and O–H groups in total. The number of hydrogen-bond donors (Lipinski definition) is 0. The minimum Gasteiger partial charge on any atom is -0.541 e. The fraction of sp³-hybridized carbons (Fsp3) is 0.154. The van der Waals surface area contributed by atoms with Crippen LogP contribution in [-0.2, 0) is 0 Å². The SMILES string of the molecule is C[Si](C)Oc1ccccc1N=Cc1cccs1. The largest absolute Gasteiger partial charge is 0.541 e. The van der Waals surface area contributed by atoms with E-state index in [-0.39, 0.29) is 0 Å². The van der Waals surface area contributed by atoms with Gasteiger partial charge < -0.3 is 4.43 Å². The molecule has 1 heterocycles. The molecule has 87 valence electrons. The normalized spacial score (nSPS) is 11.2. The highest BCUT2D eigenvalue weighted by molar-refractivity contribution is 7.11. The third-order valence-corrected chi connectivity index (χ3v) is 3.49. The molecule has 0 spiro atoms. The molecule has 1 aromatic carbocycles. The zero-order chi connectivity index (χ0) is 12.1. The Hall–Kier alpha value is -1.39. The molecule has 0 fully saturated rings. The van der Waals surface area contributed by atoms with E-state index in [0.29, 0.717) is 0 Å². The van der Waals surface area contributed by atoms with E-state index in [4.69, 9.17) is 4.43 Å². The van der Waals surface area contributed by atoms with Crippen LogP contribution in [0, 0.1) is 0 Å².